The van der Waals surface area contributed by atoms with Crippen LogP contribution in [-0.4, -0.2) is 4.98 Å². The molecule has 3 heteroatoms. The maximum absolute atomic E-state index is 6.54. The second-order valence-electron chi connectivity index (χ2n) is 12.4. The first-order chi connectivity index (χ1) is 24.8. The molecule has 0 spiro atoms. The summed E-state index contributed by atoms with van der Waals surface area (Å²) < 4.78 is 6.54. The quantitative estimate of drug-likeness (QED) is 0.174. The minimum atomic E-state index is 0.624. The lowest BCUT2D eigenvalue weighted by molar-refractivity contribution is 0.621. The summed E-state index contributed by atoms with van der Waals surface area (Å²) in [6.07, 6.45) is 0. The molecule has 0 bridgehead atoms. The van der Waals surface area contributed by atoms with Crippen LogP contribution in [0.3, 0.4) is 0 Å². The predicted octanol–water partition coefficient (Wildman–Crippen LogP) is 13.1. The second-order valence-corrected chi connectivity index (χ2v) is 12.4. The number of nitrogens with zero attached hydrogens (tertiary/aromatic N) is 2. The fourth-order valence-electron chi connectivity index (χ4n) is 6.77. The largest absolute Gasteiger partial charge is 0.435 e. The van der Waals surface area contributed by atoms with Crippen molar-refractivity contribution in [2.75, 3.05) is 4.90 Å². The molecule has 0 aliphatic carbocycles. The molecule has 0 saturated carbocycles. The monoisotopic (exact) mass is 640 g/mol. The Morgan fingerprint density at radius 2 is 0.800 bits per heavy atom. The van der Waals surface area contributed by atoms with Gasteiger partial charge in [-0.1, -0.05) is 140 Å². The lowest BCUT2D eigenvalue weighted by Gasteiger charge is -2.26. The van der Waals surface area contributed by atoms with Crippen LogP contribution in [0.4, 0.5) is 17.1 Å². The van der Waals surface area contributed by atoms with Crippen molar-refractivity contribution in [3.63, 3.8) is 0 Å². The van der Waals surface area contributed by atoms with E-state index in [2.05, 4.69) is 169 Å². The summed E-state index contributed by atoms with van der Waals surface area (Å²) in [6, 6.07) is 68.1. The minimum Gasteiger partial charge on any atom is -0.435 e. The fraction of sp³-hybridized carbons (Fsp3) is 0. The molecule has 1 aromatic heterocycles. The number of benzene rings is 8. The van der Waals surface area contributed by atoms with Crippen molar-refractivity contribution in [1.29, 1.82) is 0 Å². The average Bonchev–Trinajstić information content (AvgIpc) is 3.66. The van der Waals surface area contributed by atoms with Crippen molar-refractivity contribution in [2.24, 2.45) is 0 Å². The summed E-state index contributed by atoms with van der Waals surface area (Å²) in [6.45, 7) is 0. The molecule has 236 valence electrons. The molecule has 0 unspecified atom stereocenters. The Morgan fingerprint density at radius 3 is 1.32 bits per heavy atom. The summed E-state index contributed by atoms with van der Waals surface area (Å²) >= 11 is 0. The summed E-state index contributed by atoms with van der Waals surface area (Å²) in [5, 5.41) is 2.21. The van der Waals surface area contributed by atoms with E-state index in [1.54, 1.807) is 0 Å². The number of anilines is 3. The summed E-state index contributed by atoms with van der Waals surface area (Å²) in [7, 11) is 0. The molecular formula is C47H32N2O. The molecule has 1 heterocycles. The van der Waals surface area contributed by atoms with Crippen molar-refractivity contribution in [3.8, 4) is 44.8 Å². The number of fused-ring (bicyclic) bond motifs is 3. The molecule has 8 aromatic carbocycles. The zero-order valence-electron chi connectivity index (χ0n) is 27.3. The third-order valence-corrected chi connectivity index (χ3v) is 9.31. The van der Waals surface area contributed by atoms with Crippen molar-refractivity contribution in [1.82, 2.24) is 4.98 Å². The Balaban J connectivity index is 1.14. The fourth-order valence-corrected chi connectivity index (χ4v) is 6.77. The van der Waals surface area contributed by atoms with Crippen molar-refractivity contribution >= 4 is 38.9 Å². The van der Waals surface area contributed by atoms with Crippen molar-refractivity contribution < 1.29 is 4.42 Å². The summed E-state index contributed by atoms with van der Waals surface area (Å²) in [5.74, 6) is 0.624. The number of hydrogen-bond donors (Lipinski definition) is 0. The number of rotatable bonds is 7. The van der Waals surface area contributed by atoms with Gasteiger partial charge in [-0.3, -0.25) is 0 Å². The molecule has 0 saturated heterocycles. The lowest BCUT2D eigenvalue weighted by Crippen LogP contribution is -2.09. The molecule has 0 radical (unpaired) electrons. The first-order valence-electron chi connectivity index (χ1n) is 16.9. The van der Waals surface area contributed by atoms with E-state index in [1.807, 2.05) is 30.3 Å². The van der Waals surface area contributed by atoms with Crippen LogP contribution in [0.2, 0.25) is 0 Å². The standard InChI is InChI=1S/C47H32N2O/c1-4-12-33(13-5-1)35-20-26-40(27-21-35)49(41-28-22-36(23-29-41)34-14-6-2-7-15-34)42-30-24-37(25-31-42)44-32-39-18-10-11-19-43(39)45-46(44)50-47(48-45)38-16-8-3-9-17-38/h1-32H. The normalized spacial score (nSPS) is 11.2. The van der Waals surface area contributed by atoms with Crippen LogP contribution in [0, 0.1) is 0 Å². The molecule has 0 fully saturated rings. The van der Waals surface area contributed by atoms with Crippen LogP contribution in [0.5, 0.6) is 0 Å². The van der Waals surface area contributed by atoms with Gasteiger partial charge in [-0.25, -0.2) is 4.98 Å². The molecule has 0 N–H and O–H groups in total. The van der Waals surface area contributed by atoms with Crippen LogP contribution < -0.4 is 4.90 Å². The molecule has 9 rings (SSSR count). The molecular weight excluding hydrogens is 609 g/mol. The molecule has 9 aromatic rings. The predicted molar refractivity (Wildman–Crippen MR) is 208 cm³/mol. The van der Waals surface area contributed by atoms with Crippen LogP contribution in [0.1, 0.15) is 0 Å². The average molecular weight is 641 g/mol. The van der Waals surface area contributed by atoms with E-state index in [4.69, 9.17) is 9.40 Å². The highest BCUT2D eigenvalue weighted by molar-refractivity contribution is 6.10. The molecule has 0 atom stereocenters. The third kappa shape index (κ3) is 5.51. The Morgan fingerprint density at radius 1 is 0.380 bits per heavy atom. The molecule has 50 heavy (non-hydrogen) atoms. The Kier molecular flexibility index (Phi) is 7.49. The highest BCUT2D eigenvalue weighted by atomic mass is 16.3. The second kappa shape index (κ2) is 12.7. The maximum atomic E-state index is 6.54. The first-order valence-corrected chi connectivity index (χ1v) is 16.9. The Labute approximate surface area is 291 Å². The SMILES string of the molecule is c1ccc(-c2ccc(N(c3ccc(-c4ccccc4)cc3)c3ccc(-c4cc5ccccc5c5nc(-c6ccccc6)oc45)cc3)cc2)cc1. The van der Waals surface area contributed by atoms with Gasteiger partial charge in [0.2, 0.25) is 5.89 Å². The summed E-state index contributed by atoms with van der Waals surface area (Å²) in [4.78, 5) is 7.32. The first kappa shape index (κ1) is 29.4. The highest BCUT2D eigenvalue weighted by Crippen LogP contribution is 2.40. The Bertz CT molecular complexity index is 2460. The molecule has 0 aliphatic rings. The van der Waals surface area contributed by atoms with E-state index in [1.165, 1.54) is 22.3 Å². The minimum absolute atomic E-state index is 0.624. The Hall–Kier alpha value is -6.71. The van der Waals surface area contributed by atoms with E-state index < -0.39 is 0 Å². The van der Waals surface area contributed by atoms with Crippen LogP contribution >= 0.6 is 0 Å². The number of aromatic nitrogens is 1. The van der Waals surface area contributed by atoms with Gasteiger partial charge in [0.25, 0.3) is 0 Å². The third-order valence-electron chi connectivity index (χ3n) is 9.31. The van der Waals surface area contributed by atoms with Crippen molar-refractivity contribution in [2.45, 2.75) is 0 Å². The number of oxazole rings is 1. The van der Waals surface area contributed by atoms with Gasteiger partial charge in [0.15, 0.2) is 5.58 Å². The summed E-state index contributed by atoms with van der Waals surface area (Å²) in [5.41, 5.74) is 12.7. The van der Waals surface area contributed by atoms with E-state index in [0.717, 1.165) is 55.6 Å². The van der Waals surface area contributed by atoms with Crippen LogP contribution in [0.15, 0.2) is 199 Å². The van der Waals surface area contributed by atoms with Gasteiger partial charge in [-0.15, -0.1) is 0 Å². The molecule has 0 aliphatic heterocycles. The van der Waals surface area contributed by atoms with Gasteiger partial charge in [0, 0.05) is 33.6 Å². The van der Waals surface area contributed by atoms with Crippen LogP contribution in [-0.2, 0) is 0 Å². The molecule has 3 nitrogen and oxygen atoms in total. The number of hydrogen-bond acceptors (Lipinski definition) is 3. The topological polar surface area (TPSA) is 29.3 Å². The van der Waals surface area contributed by atoms with Gasteiger partial charge in [0.1, 0.15) is 5.52 Å². The van der Waals surface area contributed by atoms with Gasteiger partial charge >= 0.3 is 0 Å². The maximum Gasteiger partial charge on any atom is 0.227 e. The van der Waals surface area contributed by atoms with E-state index in [-0.39, 0.29) is 0 Å². The van der Waals surface area contributed by atoms with Gasteiger partial charge in [-0.05, 0) is 87.8 Å². The van der Waals surface area contributed by atoms with Gasteiger partial charge in [0.05, 0.1) is 0 Å². The van der Waals surface area contributed by atoms with E-state index in [9.17, 15) is 0 Å². The zero-order valence-corrected chi connectivity index (χ0v) is 27.3. The zero-order chi connectivity index (χ0) is 33.3. The molecule has 0 amide bonds. The highest BCUT2D eigenvalue weighted by Gasteiger charge is 2.18. The van der Waals surface area contributed by atoms with Gasteiger partial charge < -0.3 is 9.32 Å². The van der Waals surface area contributed by atoms with E-state index >= 15 is 0 Å². The lowest BCUT2D eigenvalue weighted by atomic mass is 9.99. The van der Waals surface area contributed by atoms with Crippen LogP contribution in [0.25, 0.3) is 66.7 Å². The van der Waals surface area contributed by atoms with Crippen molar-refractivity contribution in [3.05, 3.63) is 194 Å². The smallest absolute Gasteiger partial charge is 0.227 e. The van der Waals surface area contributed by atoms with E-state index in [0.29, 0.717) is 5.89 Å². The van der Waals surface area contributed by atoms with Gasteiger partial charge in [-0.2, -0.15) is 0 Å².